The molecule has 0 fully saturated rings. The molecule has 0 atom stereocenters. The number of aromatic amines is 1. The molecule has 4 nitrogen and oxygen atoms in total. The van der Waals surface area contributed by atoms with Gasteiger partial charge in [-0.05, 0) is 35.0 Å². The van der Waals surface area contributed by atoms with Crippen LogP contribution in [0.3, 0.4) is 0 Å². The molecule has 0 aliphatic carbocycles. The van der Waals surface area contributed by atoms with Crippen LogP contribution in [0.2, 0.25) is 0 Å². The van der Waals surface area contributed by atoms with Gasteiger partial charge in [0.25, 0.3) is 0 Å². The minimum atomic E-state index is -0.393. The molecule has 5 heteroatoms. The van der Waals surface area contributed by atoms with Crippen molar-refractivity contribution in [1.29, 1.82) is 0 Å². The van der Waals surface area contributed by atoms with Gasteiger partial charge in [-0.2, -0.15) is 0 Å². The number of methoxy groups -OCH3 is 1. The third-order valence-electron chi connectivity index (χ3n) is 3.20. The summed E-state index contributed by atoms with van der Waals surface area (Å²) < 4.78 is 11.2. The van der Waals surface area contributed by atoms with E-state index in [2.05, 4.69) is 20.9 Å². The summed E-state index contributed by atoms with van der Waals surface area (Å²) in [6, 6.07) is 5.99. The Bertz CT molecular complexity index is 676. The summed E-state index contributed by atoms with van der Waals surface area (Å²) >= 11 is 3.44. The van der Waals surface area contributed by atoms with Gasteiger partial charge >= 0.3 is 5.97 Å². The summed E-state index contributed by atoms with van der Waals surface area (Å²) in [5.41, 5.74) is 4.39. The van der Waals surface area contributed by atoms with Crippen molar-refractivity contribution in [3.8, 4) is 17.0 Å². The van der Waals surface area contributed by atoms with Crippen LogP contribution in [-0.4, -0.2) is 18.1 Å². The maximum atomic E-state index is 11.7. The third-order valence-corrected chi connectivity index (χ3v) is 4.08. The van der Waals surface area contributed by atoms with E-state index < -0.39 is 5.97 Å². The van der Waals surface area contributed by atoms with Crippen molar-refractivity contribution in [3.63, 3.8) is 0 Å². The fourth-order valence-corrected chi connectivity index (χ4v) is 2.81. The zero-order valence-electron chi connectivity index (χ0n) is 10.5. The Labute approximate surface area is 118 Å². The molecule has 0 radical (unpaired) electrons. The molecule has 3 rings (SSSR count). The zero-order chi connectivity index (χ0) is 13.6. The first-order valence-corrected chi connectivity index (χ1v) is 6.63. The lowest BCUT2D eigenvalue weighted by Gasteiger charge is -2.18. The van der Waals surface area contributed by atoms with Gasteiger partial charge in [-0.1, -0.05) is 11.6 Å². The lowest BCUT2D eigenvalue weighted by Crippen LogP contribution is -2.04. The Morgan fingerprint density at radius 1 is 1.47 bits per heavy atom. The number of benzene rings is 1. The summed E-state index contributed by atoms with van der Waals surface area (Å²) in [5.74, 6) is 0.429. The van der Waals surface area contributed by atoms with Crippen LogP contribution in [0.25, 0.3) is 11.3 Å². The largest absolute Gasteiger partial charge is 0.488 e. The third kappa shape index (κ3) is 1.85. The van der Waals surface area contributed by atoms with Crippen molar-refractivity contribution in [1.82, 2.24) is 4.98 Å². The summed E-state index contributed by atoms with van der Waals surface area (Å²) in [6.45, 7) is 2.45. The monoisotopic (exact) mass is 321 g/mol. The van der Waals surface area contributed by atoms with E-state index in [-0.39, 0.29) is 0 Å². The number of aromatic nitrogens is 1. The standard InChI is InChI=1S/C14H12BrNO3/c1-7-3-4-10-8(5-7)12-9(6-19-10)11(15)13(16-12)14(17)18-2/h3-5,16H,6H2,1-2H3. The van der Waals surface area contributed by atoms with Crippen LogP contribution >= 0.6 is 15.9 Å². The number of nitrogens with one attached hydrogen (secondary N) is 1. The van der Waals surface area contributed by atoms with Crippen molar-refractivity contribution in [3.05, 3.63) is 39.5 Å². The van der Waals surface area contributed by atoms with Crippen LogP contribution in [-0.2, 0) is 11.3 Å². The first-order chi connectivity index (χ1) is 9.11. The molecule has 1 N–H and O–H groups in total. The first kappa shape index (κ1) is 12.3. The fourth-order valence-electron chi connectivity index (χ4n) is 2.24. The first-order valence-electron chi connectivity index (χ1n) is 5.84. The number of carbonyl (C=O) groups excluding carboxylic acids is 1. The summed E-state index contributed by atoms with van der Waals surface area (Å²) in [5, 5.41) is 0. The number of rotatable bonds is 1. The average Bonchev–Trinajstić information content (AvgIpc) is 2.76. The van der Waals surface area contributed by atoms with Gasteiger partial charge in [-0.3, -0.25) is 0 Å². The number of H-pyrrole nitrogens is 1. The fraction of sp³-hybridized carbons (Fsp3) is 0.214. The Hall–Kier alpha value is -1.75. The second-order valence-corrected chi connectivity index (χ2v) is 5.24. The maximum Gasteiger partial charge on any atom is 0.355 e. The highest BCUT2D eigenvalue weighted by molar-refractivity contribution is 9.10. The second kappa shape index (κ2) is 4.42. The number of esters is 1. The van der Waals surface area contributed by atoms with E-state index in [1.54, 1.807) is 0 Å². The van der Waals surface area contributed by atoms with Crippen LogP contribution in [0.5, 0.6) is 5.75 Å². The van der Waals surface area contributed by atoms with Gasteiger partial charge in [-0.25, -0.2) is 4.79 Å². The summed E-state index contributed by atoms with van der Waals surface area (Å²) in [4.78, 5) is 14.8. The molecule has 0 unspecified atom stereocenters. The summed E-state index contributed by atoms with van der Waals surface area (Å²) in [6.07, 6.45) is 0. The van der Waals surface area contributed by atoms with Gasteiger partial charge in [-0.15, -0.1) is 0 Å². The predicted molar refractivity (Wildman–Crippen MR) is 74.3 cm³/mol. The molecule has 0 bridgehead atoms. The number of carbonyl (C=O) groups is 1. The van der Waals surface area contributed by atoms with E-state index in [0.717, 1.165) is 28.1 Å². The lowest BCUT2D eigenvalue weighted by molar-refractivity contribution is 0.0594. The Kier molecular flexibility index (Phi) is 2.86. The number of hydrogen-bond acceptors (Lipinski definition) is 3. The molecule has 1 aliphatic rings. The second-order valence-electron chi connectivity index (χ2n) is 4.45. The minimum Gasteiger partial charge on any atom is -0.488 e. The molecule has 98 valence electrons. The molecule has 1 aromatic heterocycles. The number of hydrogen-bond donors (Lipinski definition) is 1. The number of fused-ring (bicyclic) bond motifs is 3. The Morgan fingerprint density at radius 2 is 2.26 bits per heavy atom. The quantitative estimate of drug-likeness (QED) is 0.819. The van der Waals surface area contributed by atoms with Crippen LogP contribution in [0.1, 0.15) is 21.6 Å². The molecular formula is C14H12BrNO3. The van der Waals surface area contributed by atoms with Crippen molar-refractivity contribution < 1.29 is 14.3 Å². The summed E-state index contributed by atoms with van der Waals surface area (Å²) in [7, 11) is 1.36. The maximum absolute atomic E-state index is 11.7. The van der Waals surface area contributed by atoms with Gasteiger partial charge < -0.3 is 14.5 Å². The topological polar surface area (TPSA) is 51.3 Å². The van der Waals surface area contributed by atoms with Gasteiger partial charge in [0, 0.05) is 11.1 Å². The number of halogens is 1. The minimum absolute atomic E-state index is 0.393. The van der Waals surface area contributed by atoms with E-state index in [0.29, 0.717) is 16.8 Å². The van der Waals surface area contributed by atoms with Crippen molar-refractivity contribution in [2.24, 2.45) is 0 Å². The molecule has 19 heavy (non-hydrogen) atoms. The highest BCUT2D eigenvalue weighted by Crippen LogP contribution is 2.41. The van der Waals surface area contributed by atoms with Crippen molar-refractivity contribution in [2.45, 2.75) is 13.5 Å². The lowest BCUT2D eigenvalue weighted by atomic mass is 10.0. The van der Waals surface area contributed by atoms with Crippen molar-refractivity contribution in [2.75, 3.05) is 7.11 Å². The van der Waals surface area contributed by atoms with Crippen LogP contribution in [0.15, 0.2) is 22.7 Å². The van der Waals surface area contributed by atoms with E-state index in [4.69, 9.17) is 9.47 Å². The molecule has 2 aromatic rings. The molecule has 0 saturated heterocycles. The van der Waals surface area contributed by atoms with Crippen LogP contribution < -0.4 is 4.74 Å². The van der Waals surface area contributed by atoms with Gasteiger partial charge in [0.15, 0.2) is 0 Å². The normalized spacial score (nSPS) is 12.4. The molecule has 0 spiro atoms. The highest BCUT2D eigenvalue weighted by atomic mass is 79.9. The number of ether oxygens (including phenoxy) is 2. The Balaban J connectivity index is 2.21. The molecule has 1 aliphatic heterocycles. The van der Waals surface area contributed by atoms with Crippen LogP contribution in [0.4, 0.5) is 0 Å². The molecule has 2 heterocycles. The van der Waals surface area contributed by atoms with E-state index in [1.807, 2.05) is 25.1 Å². The Morgan fingerprint density at radius 3 is 3.00 bits per heavy atom. The number of aryl methyl sites for hydroxylation is 1. The SMILES string of the molecule is COC(=O)c1[nH]c2c(c1Br)COc1ccc(C)cc1-2. The zero-order valence-corrected chi connectivity index (χ0v) is 12.1. The molecular weight excluding hydrogens is 310 g/mol. The predicted octanol–water partition coefficient (Wildman–Crippen LogP) is 3.43. The highest BCUT2D eigenvalue weighted by Gasteiger charge is 2.26. The average molecular weight is 322 g/mol. The molecule has 0 amide bonds. The van der Waals surface area contributed by atoms with E-state index in [1.165, 1.54) is 7.11 Å². The smallest absolute Gasteiger partial charge is 0.355 e. The van der Waals surface area contributed by atoms with Gasteiger partial charge in [0.2, 0.25) is 0 Å². The van der Waals surface area contributed by atoms with E-state index >= 15 is 0 Å². The van der Waals surface area contributed by atoms with Crippen LogP contribution in [0, 0.1) is 6.92 Å². The van der Waals surface area contributed by atoms with Crippen molar-refractivity contribution >= 4 is 21.9 Å². The van der Waals surface area contributed by atoms with Gasteiger partial charge in [0.05, 0.1) is 17.3 Å². The van der Waals surface area contributed by atoms with E-state index in [9.17, 15) is 4.79 Å². The molecule has 0 saturated carbocycles. The molecule has 1 aromatic carbocycles. The van der Waals surface area contributed by atoms with Gasteiger partial charge in [0.1, 0.15) is 18.1 Å².